The highest BCUT2D eigenvalue weighted by Crippen LogP contribution is 2.51. The molecule has 0 saturated carbocycles. The number of para-hydroxylation sites is 1. The van der Waals surface area contributed by atoms with E-state index in [0.717, 1.165) is 23.5 Å². The van der Waals surface area contributed by atoms with Gasteiger partial charge >= 0.3 is 0 Å². The fraction of sp³-hybridized carbons (Fsp3) is 0.104. The zero-order valence-electron chi connectivity index (χ0n) is 39.2. The molecule has 3 aliphatic carbocycles. The Morgan fingerprint density at radius 1 is 0.324 bits per heavy atom. The molecule has 0 radical (unpaired) electrons. The van der Waals surface area contributed by atoms with Gasteiger partial charge in [-0.15, -0.1) is 0 Å². The molecule has 12 rings (SSSR count). The first-order chi connectivity index (χ1) is 33.2. The van der Waals surface area contributed by atoms with Crippen LogP contribution in [-0.2, 0) is 10.8 Å². The minimum absolute atomic E-state index is 0.0553. The maximum atomic E-state index is 2.44. The quantitative estimate of drug-likeness (QED) is 0.147. The highest BCUT2D eigenvalue weighted by molar-refractivity contribution is 5.92. The highest BCUT2D eigenvalue weighted by Gasteiger charge is 2.37. The third kappa shape index (κ3) is 7.01. The Balaban J connectivity index is 0.927. The van der Waals surface area contributed by atoms with Gasteiger partial charge in [0.15, 0.2) is 0 Å². The Morgan fingerprint density at radius 2 is 0.779 bits per heavy atom. The van der Waals surface area contributed by atoms with Gasteiger partial charge in [0.05, 0.1) is 5.69 Å². The summed E-state index contributed by atoms with van der Waals surface area (Å²) in [6.45, 7) is 9.45. The van der Waals surface area contributed by atoms with Crippen molar-refractivity contribution in [1.29, 1.82) is 0 Å². The molecule has 0 N–H and O–H groups in total. The van der Waals surface area contributed by atoms with E-state index in [2.05, 4.69) is 269 Å². The van der Waals surface area contributed by atoms with Crippen molar-refractivity contribution in [3.63, 3.8) is 0 Å². The van der Waals surface area contributed by atoms with Crippen molar-refractivity contribution in [2.24, 2.45) is 0 Å². The van der Waals surface area contributed by atoms with Crippen LogP contribution >= 0.6 is 0 Å². The van der Waals surface area contributed by atoms with Gasteiger partial charge in [0.25, 0.3) is 0 Å². The Hall–Kier alpha value is -8.00. The number of hydrogen-bond acceptors (Lipinski definition) is 1. The van der Waals surface area contributed by atoms with Crippen LogP contribution in [0, 0.1) is 0 Å². The summed E-state index contributed by atoms with van der Waals surface area (Å²) in [4.78, 5) is 2.44. The molecule has 9 aromatic rings. The van der Waals surface area contributed by atoms with Crippen molar-refractivity contribution in [3.05, 3.63) is 264 Å². The van der Waals surface area contributed by atoms with Gasteiger partial charge in [0.1, 0.15) is 0 Å². The molecular formula is C67H53N. The fourth-order valence-electron chi connectivity index (χ4n) is 11.3. The number of anilines is 3. The Kier molecular flexibility index (Phi) is 9.99. The predicted octanol–water partition coefficient (Wildman–Crippen LogP) is 18.4. The van der Waals surface area contributed by atoms with E-state index < -0.39 is 0 Å². The average molecular weight is 872 g/mol. The molecule has 0 heterocycles. The van der Waals surface area contributed by atoms with Gasteiger partial charge < -0.3 is 4.90 Å². The van der Waals surface area contributed by atoms with E-state index >= 15 is 0 Å². The van der Waals surface area contributed by atoms with Crippen molar-refractivity contribution in [3.8, 4) is 66.8 Å². The topological polar surface area (TPSA) is 3.24 Å². The minimum atomic E-state index is -0.0649. The SMILES string of the molecule is CC1(C)C2=C(C=CCC=C2)c2ccc(-c3cccc(-c4cccc(N(c5cccc(-c6cccc(-c7ccc8c(c7)C(C)(C)c7ccccc7-8)c6)c5)c5ccccc5-c5ccccc5)c4)c3)cc21. The number of allylic oxidation sites excluding steroid dienone is 6. The van der Waals surface area contributed by atoms with Gasteiger partial charge in [0.2, 0.25) is 0 Å². The predicted molar refractivity (Wildman–Crippen MR) is 289 cm³/mol. The standard InChI is InChI=1S/C67H53N/c1-66(2)61-32-10-6-9-30-57(61)59-37-35-52(43-63(59)66)48-23-15-21-46(39-48)50-25-17-27-54(41-50)68(65-34-14-12-29-56(65)45-19-7-5-8-20-45)55-28-18-26-51(42-55)47-22-16-24-49(40-47)53-36-38-60-58-31-11-13-33-62(58)67(3,4)64(60)44-53/h5,7-44H,6H2,1-4H3. The van der Waals surface area contributed by atoms with E-state index in [9.17, 15) is 0 Å². The van der Waals surface area contributed by atoms with Crippen molar-refractivity contribution in [1.82, 2.24) is 0 Å². The summed E-state index contributed by atoms with van der Waals surface area (Å²) in [5.74, 6) is 0. The monoisotopic (exact) mass is 871 g/mol. The summed E-state index contributed by atoms with van der Waals surface area (Å²) < 4.78 is 0. The third-order valence-electron chi connectivity index (χ3n) is 14.9. The minimum Gasteiger partial charge on any atom is -0.310 e. The molecule has 0 aromatic heterocycles. The summed E-state index contributed by atoms with van der Waals surface area (Å²) in [5, 5.41) is 0. The Morgan fingerprint density at radius 3 is 1.41 bits per heavy atom. The van der Waals surface area contributed by atoms with Crippen LogP contribution in [0.3, 0.4) is 0 Å². The molecule has 1 nitrogen and oxygen atoms in total. The number of nitrogens with zero attached hydrogens (tertiary/aromatic N) is 1. The molecule has 0 fully saturated rings. The number of benzene rings is 9. The maximum absolute atomic E-state index is 2.44. The fourth-order valence-corrected chi connectivity index (χ4v) is 11.3. The highest BCUT2D eigenvalue weighted by atomic mass is 15.1. The average Bonchev–Trinajstić information content (AvgIpc) is 3.56. The van der Waals surface area contributed by atoms with E-state index in [4.69, 9.17) is 0 Å². The second-order valence-electron chi connectivity index (χ2n) is 19.7. The van der Waals surface area contributed by atoms with Crippen molar-refractivity contribution in [2.75, 3.05) is 4.90 Å². The lowest BCUT2D eigenvalue weighted by Gasteiger charge is -2.29. The van der Waals surface area contributed by atoms with E-state index in [1.807, 2.05) is 0 Å². The Labute approximate surface area is 401 Å². The molecule has 1 heteroatoms. The van der Waals surface area contributed by atoms with Gasteiger partial charge in [0, 0.05) is 27.8 Å². The largest absolute Gasteiger partial charge is 0.310 e. The molecule has 0 spiro atoms. The normalized spacial score (nSPS) is 14.8. The van der Waals surface area contributed by atoms with Crippen molar-refractivity contribution >= 4 is 22.6 Å². The third-order valence-corrected chi connectivity index (χ3v) is 14.9. The van der Waals surface area contributed by atoms with Crippen molar-refractivity contribution in [2.45, 2.75) is 44.9 Å². The van der Waals surface area contributed by atoms with Gasteiger partial charge in [-0.3, -0.25) is 0 Å². The molecule has 0 unspecified atom stereocenters. The molecule has 0 amide bonds. The van der Waals surface area contributed by atoms with Crippen LogP contribution in [0.1, 0.15) is 56.4 Å². The maximum Gasteiger partial charge on any atom is 0.0540 e. The van der Waals surface area contributed by atoms with Crippen LogP contribution in [0.5, 0.6) is 0 Å². The first-order valence-electron chi connectivity index (χ1n) is 24.1. The summed E-state index contributed by atoms with van der Waals surface area (Å²) in [5.41, 5.74) is 26.1. The van der Waals surface area contributed by atoms with E-state index in [1.54, 1.807) is 0 Å². The summed E-state index contributed by atoms with van der Waals surface area (Å²) in [7, 11) is 0. The second-order valence-corrected chi connectivity index (χ2v) is 19.7. The zero-order valence-corrected chi connectivity index (χ0v) is 39.2. The van der Waals surface area contributed by atoms with Gasteiger partial charge in [-0.05, 0) is 156 Å². The van der Waals surface area contributed by atoms with Crippen LogP contribution < -0.4 is 4.90 Å². The first-order valence-corrected chi connectivity index (χ1v) is 24.1. The van der Waals surface area contributed by atoms with Crippen molar-refractivity contribution < 1.29 is 0 Å². The molecule has 0 aliphatic heterocycles. The second kappa shape index (κ2) is 16.4. The van der Waals surface area contributed by atoms with Gasteiger partial charge in [-0.25, -0.2) is 0 Å². The lowest BCUT2D eigenvalue weighted by Crippen LogP contribution is -2.16. The molecule has 0 bridgehead atoms. The zero-order chi connectivity index (χ0) is 46.0. The Bertz CT molecular complexity index is 3540. The van der Waals surface area contributed by atoms with Crippen LogP contribution in [0.15, 0.2) is 242 Å². The van der Waals surface area contributed by atoms with E-state index in [1.165, 1.54) is 100 Å². The molecule has 3 aliphatic rings. The van der Waals surface area contributed by atoms with Crippen LogP contribution in [0.25, 0.3) is 72.3 Å². The summed E-state index contributed by atoms with van der Waals surface area (Å²) in [6, 6.07) is 78.8. The van der Waals surface area contributed by atoms with E-state index in [0.29, 0.717) is 0 Å². The van der Waals surface area contributed by atoms with Gasteiger partial charge in [-0.1, -0.05) is 210 Å². The summed E-state index contributed by atoms with van der Waals surface area (Å²) >= 11 is 0. The molecule has 0 saturated heterocycles. The molecule has 0 atom stereocenters. The van der Waals surface area contributed by atoms with Gasteiger partial charge in [-0.2, -0.15) is 0 Å². The summed E-state index contributed by atoms with van der Waals surface area (Å²) in [6.07, 6.45) is 10.2. The number of hydrogen-bond donors (Lipinski definition) is 0. The smallest absolute Gasteiger partial charge is 0.0540 e. The van der Waals surface area contributed by atoms with Crippen LogP contribution in [0.4, 0.5) is 17.1 Å². The number of rotatable bonds is 8. The first kappa shape index (κ1) is 41.4. The molecule has 68 heavy (non-hydrogen) atoms. The molecule has 9 aromatic carbocycles. The van der Waals surface area contributed by atoms with Crippen LogP contribution in [-0.4, -0.2) is 0 Å². The lowest BCUT2D eigenvalue weighted by atomic mass is 9.80. The molecular weight excluding hydrogens is 819 g/mol. The molecule has 326 valence electrons. The number of fused-ring (bicyclic) bond motifs is 5. The lowest BCUT2D eigenvalue weighted by molar-refractivity contribution is 0.654. The van der Waals surface area contributed by atoms with E-state index in [-0.39, 0.29) is 10.8 Å². The van der Waals surface area contributed by atoms with Crippen LogP contribution in [0.2, 0.25) is 0 Å².